The van der Waals surface area contributed by atoms with Crippen molar-refractivity contribution >= 4 is 23.4 Å². The predicted octanol–water partition coefficient (Wildman–Crippen LogP) is 4.69. The van der Waals surface area contributed by atoms with Crippen molar-refractivity contribution in [1.29, 1.82) is 0 Å². The number of ether oxygens (including phenoxy) is 1. The standard InChI is InChI=1S/C24H23N5O2S/c1-16-8-6-12-20(17(16)2)26-22(30)15-32-24-28-27-23(21-11-4-5-13-25-21)29(24)18-9-7-10-19(14-18)31-3/h4-14H,15H2,1-3H3,(H,26,30). The number of hydrogen-bond acceptors (Lipinski definition) is 6. The Hall–Kier alpha value is -3.65. The first-order valence-corrected chi connectivity index (χ1v) is 11.1. The van der Waals surface area contributed by atoms with Crippen LogP contribution in [-0.2, 0) is 4.79 Å². The van der Waals surface area contributed by atoms with Crippen LogP contribution < -0.4 is 10.1 Å². The van der Waals surface area contributed by atoms with Crippen LogP contribution in [0.5, 0.6) is 5.75 Å². The molecule has 0 radical (unpaired) electrons. The molecule has 0 fully saturated rings. The lowest BCUT2D eigenvalue weighted by Gasteiger charge is -2.12. The van der Waals surface area contributed by atoms with Gasteiger partial charge in [-0.15, -0.1) is 10.2 Å². The van der Waals surface area contributed by atoms with E-state index in [1.165, 1.54) is 11.8 Å². The van der Waals surface area contributed by atoms with Gasteiger partial charge in [0.2, 0.25) is 5.91 Å². The summed E-state index contributed by atoms with van der Waals surface area (Å²) in [7, 11) is 1.62. The number of amides is 1. The highest BCUT2D eigenvalue weighted by Gasteiger charge is 2.18. The Bertz CT molecular complexity index is 1240. The van der Waals surface area contributed by atoms with Crippen LogP contribution in [-0.4, -0.2) is 38.5 Å². The smallest absolute Gasteiger partial charge is 0.234 e. The van der Waals surface area contributed by atoms with Gasteiger partial charge in [-0.05, 0) is 55.3 Å². The van der Waals surface area contributed by atoms with Crippen molar-refractivity contribution in [2.75, 3.05) is 18.2 Å². The largest absolute Gasteiger partial charge is 0.497 e. The van der Waals surface area contributed by atoms with Gasteiger partial charge in [-0.3, -0.25) is 14.3 Å². The molecule has 0 aliphatic carbocycles. The average molecular weight is 446 g/mol. The van der Waals surface area contributed by atoms with Crippen molar-refractivity contribution in [2.45, 2.75) is 19.0 Å². The molecule has 1 amide bonds. The van der Waals surface area contributed by atoms with Gasteiger partial charge in [0.25, 0.3) is 0 Å². The Morgan fingerprint density at radius 1 is 1.06 bits per heavy atom. The van der Waals surface area contributed by atoms with Crippen LogP contribution in [0.25, 0.3) is 17.2 Å². The number of nitrogens with zero attached hydrogens (tertiary/aromatic N) is 4. The first-order valence-electron chi connectivity index (χ1n) is 10.1. The van der Waals surface area contributed by atoms with Gasteiger partial charge < -0.3 is 10.1 Å². The maximum atomic E-state index is 12.7. The lowest BCUT2D eigenvalue weighted by molar-refractivity contribution is -0.113. The second-order valence-corrected chi connectivity index (χ2v) is 8.08. The summed E-state index contributed by atoms with van der Waals surface area (Å²) in [5.74, 6) is 1.39. The molecule has 4 rings (SSSR count). The number of pyridine rings is 1. The summed E-state index contributed by atoms with van der Waals surface area (Å²) in [6.07, 6.45) is 1.71. The van der Waals surface area contributed by atoms with Crippen molar-refractivity contribution in [1.82, 2.24) is 19.7 Å². The van der Waals surface area contributed by atoms with Gasteiger partial charge in [0.1, 0.15) is 11.4 Å². The van der Waals surface area contributed by atoms with E-state index in [1.54, 1.807) is 13.3 Å². The molecular weight excluding hydrogens is 422 g/mol. The Balaban J connectivity index is 1.61. The maximum absolute atomic E-state index is 12.7. The summed E-state index contributed by atoms with van der Waals surface area (Å²) in [5.41, 5.74) is 4.53. The third-order valence-electron chi connectivity index (χ3n) is 5.05. The van der Waals surface area contributed by atoms with Crippen LogP contribution in [0, 0.1) is 13.8 Å². The lowest BCUT2D eigenvalue weighted by Crippen LogP contribution is -2.15. The Kier molecular flexibility index (Phi) is 6.51. The number of carbonyl (C=O) groups excluding carboxylic acids is 1. The summed E-state index contributed by atoms with van der Waals surface area (Å²) in [4.78, 5) is 17.1. The van der Waals surface area contributed by atoms with E-state index >= 15 is 0 Å². The van der Waals surface area contributed by atoms with E-state index in [0.717, 1.165) is 22.5 Å². The van der Waals surface area contributed by atoms with Crippen LogP contribution in [0.2, 0.25) is 0 Å². The van der Waals surface area contributed by atoms with Crippen molar-refractivity contribution < 1.29 is 9.53 Å². The Morgan fingerprint density at radius 2 is 1.91 bits per heavy atom. The van der Waals surface area contributed by atoms with Crippen molar-refractivity contribution in [2.24, 2.45) is 0 Å². The quantitative estimate of drug-likeness (QED) is 0.416. The molecule has 0 unspecified atom stereocenters. The lowest BCUT2D eigenvalue weighted by atomic mass is 10.1. The number of nitrogens with one attached hydrogen (secondary N) is 1. The Labute approximate surface area is 190 Å². The van der Waals surface area contributed by atoms with Crippen LogP contribution in [0.3, 0.4) is 0 Å². The third kappa shape index (κ3) is 4.65. The van der Waals surface area contributed by atoms with E-state index in [-0.39, 0.29) is 11.7 Å². The van der Waals surface area contributed by atoms with Gasteiger partial charge in [-0.25, -0.2) is 0 Å². The SMILES string of the molecule is COc1cccc(-n2c(SCC(=O)Nc3cccc(C)c3C)nnc2-c2ccccn2)c1. The highest BCUT2D eigenvalue weighted by Crippen LogP contribution is 2.29. The molecule has 2 aromatic carbocycles. The zero-order valence-electron chi connectivity index (χ0n) is 18.1. The minimum absolute atomic E-state index is 0.108. The van der Waals surface area contributed by atoms with E-state index in [9.17, 15) is 4.79 Å². The van der Waals surface area contributed by atoms with E-state index in [1.807, 2.05) is 79.1 Å². The molecule has 0 saturated carbocycles. The number of methoxy groups -OCH3 is 1. The maximum Gasteiger partial charge on any atom is 0.234 e. The average Bonchev–Trinajstić information content (AvgIpc) is 3.25. The number of carbonyl (C=O) groups is 1. The normalized spacial score (nSPS) is 10.7. The predicted molar refractivity (Wildman–Crippen MR) is 126 cm³/mol. The Morgan fingerprint density at radius 3 is 2.69 bits per heavy atom. The van der Waals surface area contributed by atoms with Gasteiger partial charge in [0.15, 0.2) is 11.0 Å². The van der Waals surface area contributed by atoms with E-state index in [0.29, 0.717) is 22.4 Å². The highest BCUT2D eigenvalue weighted by molar-refractivity contribution is 7.99. The minimum Gasteiger partial charge on any atom is -0.497 e. The summed E-state index contributed by atoms with van der Waals surface area (Å²) in [5, 5.41) is 12.3. The monoisotopic (exact) mass is 445 g/mol. The zero-order chi connectivity index (χ0) is 22.5. The second kappa shape index (κ2) is 9.65. The van der Waals surface area contributed by atoms with Crippen molar-refractivity contribution in [3.8, 4) is 23.0 Å². The first kappa shape index (κ1) is 21.6. The number of benzene rings is 2. The molecule has 4 aromatic rings. The molecule has 8 heteroatoms. The van der Waals surface area contributed by atoms with Crippen molar-refractivity contribution in [3.63, 3.8) is 0 Å². The molecule has 2 heterocycles. The summed E-state index contributed by atoms with van der Waals surface area (Å²) >= 11 is 1.32. The zero-order valence-corrected chi connectivity index (χ0v) is 18.9. The summed E-state index contributed by atoms with van der Waals surface area (Å²) < 4.78 is 7.27. The number of aryl methyl sites for hydroxylation is 1. The molecule has 7 nitrogen and oxygen atoms in total. The van der Waals surface area contributed by atoms with Crippen LogP contribution in [0.4, 0.5) is 5.69 Å². The summed E-state index contributed by atoms with van der Waals surface area (Å²) in [6.45, 7) is 4.02. The van der Waals surface area contributed by atoms with Crippen LogP contribution in [0.1, 0.15) is 11.1 Å². The van der Waals surface area contributed by atoms with Gasteiger partial charge >= 0.3 is 0 Å². The van der Waals surface area contributed by atoms with Gasteiger partial charge in [-0.1, -0.05) is 36.0 Å². The molecule has 32 heavy (non-hydrogen) atoms. The molecule has 0 spiro atoms. The number of anilines is 1. The number of thioether (sulfide) groups is 1. The fourth-order valence-corrected chi connectivity index (χ4v) is 3.96. The third-order valence-corrected chi connectivity index (χ3v) is 5.98. The van der Waals surface area contributed by atoms with Gasteiger partial charge in [-0.2, -0.15) is 0 Å². The fraction of sp³-hybridized carbons (Fsp3) is 0.167. The van der Waals surface area contributed by atoms with Crippen LogP contribution >= 0.6 is 11.8 Å². The molecule has 0 aliphatic rings. The van der Waals surface area contributed by atoms with Gasteiger partial charge in [0, 0.05) is 18.0 Å². The molecule has 0 saturated heterocycles. The number of aromatic nitrogens is 4. The summed E-state index contributed by atoms with van der Waals surface area (Å²) in [6, 6.07) is 19.1. The molecule has 1 N–H and O–H groups in total. The first-order chi connectivity index (χ1) is 15.6. The minimum atomic E-state index is -0.108. The fourth-order valence-electron chi connectivity index (χ4n) is 3.21. The van der Waals surface area contributed by atoms with Gasteiger partial charge in [0.05, 0.1) is 18.6 Å². The highest BCUT2D eigenvalue weighted by atomic mass is 32.2. The molecular formula is C24H23N5O2S. The second-order valence-electron chi connectivity index (χ2n) is 7.14. The van der Waals surface area contributed by atoms with E-state index < -0.39 is 0 Å². The number of hydrogen-bond donors (Lipinski definition) is 1. The molecule has 2 aromatic heterocycles. The molecule has 162 valence electrons. The molecule has 0 atom stereocenters. The van der Waals surface area contributed by atoms with E-state index in [2.05, 4.69) is 20.5 Å². The molecule has 0 aliphatic heterocycles. The molecule has 0 bridgehead atoms. The number of rotatable bonds is 7. The van der Waals surface area contributed by atoms with Crippen molar-refractivity contribution in [3.05, 3.63) is 78.0 Å². The topological polar surface area (TPSA) is 81.9 Å². The van der Waals surface area contributed by atoms with E-state index in [4.69, 9.17) is 4.74 Å². The van der Waals surface area contributed by atoms with Crippen LogP contribution in [0.15, 0.2) is 72.0 Å².